The molecule has 134 valence electrons. The molecule has 1 aliphatic rings. The van der Waals surface area contributed by atoms with E-state index < -0.39 is 0 Å². The lowest BCUT2D eigenvalue weighted by Gasteiger charge is -2.32. The summed E-state index contributed by atoms with van der Waals surface area (Å²) in [5.41, 5.74) is 3.02. The maximum absolute atomic E-state index is 12.4. The fraction of sp³-hybridized carbons (Fsp3) is 0.350. The molecule has 0 bridgehead atoms. The first-order valence-corrected chi connectivity index (χ1v) is 9.10. The summed E-state index contributed by atoms with van der Waals surface area (Å²) in [5.74, 6) is 0.0603. The van der Waals surface area contributed by atoms with E-state index in [0.29, 0.717) is 6.42 Å². The summed E-state index contributed by atoms with van der Waals surface area (Å²) in [5, 5.41) is 11.4. The highest BCUT2D eigenvalue weighted by molar-refractivity contribution is 5.87. The predicted octanol–water partition coefficient (Wildman–Crippen LogP) is 2.28. The number of carbonyl (C=O) groups is 1. The zero-order chi connectivity index (χ0) is 17.8. The minimum absolute atomic E-state index is 0.0603. The molecule has 26 heavy (non-hydrogen) atoms. The fourth-order valence-corrected chi connectivity index (χ4v) is 3.57. The van der Waals surface area contributed by atoms with Crippen LogP contribution in [0.15, 0.2) is 48.8 Å². The highest BCUT2D eigenvalue weighted by Crippen LogP contribution is 2.17. The molecule has 0 atom stereocenters. The van der Waals surface area contributed by atoms with Gasteiger partial charge in [-0.15, -0.1) is 0 Å². The Morgan fingerprint density at radius 3 is 2.85 bits per heavy atom. The van der Waals surface area contributed by atoms with Crippen molar-refractivity contribution in [1.29, 1.82) is 0 Å². The van der Waals surface area contributed by atoms with Crippen LogP contribution in [0.3, 0.4) is 0 Å². The minimum atomic E-state index is 0.0603. The van der Waals surface area contributed by atoms with Crippen molar-refractivity contribution in [2.75, 3.05) is 13.1 Å². The van der Waals surface area contributed by atoms with E-state index in [1.54, 1.807) is 6.20 Å². The molecule has 4 rings (SSSR count). The van der Waals surface area contributed by atoms with Crippen molar-refractivity contribution in [3.63, 3.8) is 0 Å². The quantitative estimate of drug-likeness (QED) is 0.741. The van der Waals surface area contributed by atoms with Crippen LogP contribution in [-0.4, -0.2) is 45.1 Å². The average molecular weight is 349 g/mol. The first-order valence-electron chi connectivity index (χ1n) is 9.10. The number of piperidine rings is 1. The van der Waals surface area contributed by atoms with E-state index in [0.717, 1.165) is 49.1 Å². The number of aromatic amines is 1. The molecule has 0 saturated carbocycles. The van der Waals surface area contributed by atoms with Crippen LogP contribution in [0.4, 0.5) is 0 Å². The fourth-order valence-electron chi connectivity index (χ4n) is 3.57. The van der Waals surface area contributed by atoms with Crippen LogP contribution in [0.25, 0.3) is 10.9 Å². The number of para-hydroxylation sites is 1. The minimum Gasteiger partial charge on any atom is -0.353 e. The first kappa shape index (κ1) is 16.7. The number of rotatable bonds is 5. The van der Waals surface area contributed by atoms with Crippen LogP contribution in [-0.2, 0) is 17.8 Å². The van der Waals surface area contributed by atoms with Gasteiger partial charge in [0.25, 0.3) is 0 Å². The molecule has 3 aromatic rings. The van der Waals surface area contributed by atoms with Gasteiger partial charge >= 0.3 is 0 Å². The molecule has 6 nitrogen and oxygen atoms in total. The monoisotopic (exact) mass is 349 g/mol. The summed E-state index contributed by atoms with van der Waals surface area (Å²) in [6.45, 7) is 2.91. The van der Waals surface area contributed by atoms with Crippen molar-refractivity contribution >= 4 is 16.8 Å². The largest absolute Gasteiger partial charge is 0.353 e. The summed E-state index contributed by atoms with van der Waals surface area (Å²) < 4.78 is 0. The van der Waals surface area contributed by atoms with Gasteiger partial charge in [0, 0.05) is 43.5 Å². The second kappa shape index (κ2) is 7.66. The number of fused-ring (bicyclic) bond motifs is 1. The molecule has 1 aromatic carbocycles. The lowest BCUT2D eigenvalue weighted by Crippen LogP contribution is -2.44. The van der Waals surface area contributed by atoms with Crippen LogP contribution in [0, 0.1) is 0 Å². The van der Waals surface area contributed by atoms with Gasteiger partial charge in [0.15, 0.2) is 0 Å². The van der Waals surface area contributed by atoms with Gasteiger partial charge in [-0.3, -0.25) is 19.8 Å². The number of nitrogens with one attached hydrogen (secondary N) is 2. The number of hydrogen-bond donors (Lipinski definition) is 2. The van der Waals surface area contributed by atoms with E-state index in [1.165, 1.54) is 5.56 Å². The lowest BCUT2D eigenvalue weighted by molar-refractivity contribution is -0.121. The van der Waals surface area contributed by atoms with Crippen LogP contribution in [0.2, 0.25) is 0 Å². The number of likely N-dealkylation sites (tertiary alicyclic amines) is 1. The normalized spacial score (nSPS) is 16.0. The summed E-state index contributed by atoms with van der Waals surface area (Å²) >= 11 is 0. The van der Waals surface area contributed by atoms with Gasteiger partial charge in [0.05, 0.1) is 17.6 Å². The van der Waals surface area contributed by atoms with Gasteiger partial charge < -0.3 is 5.32 Å². The Morgan fingerprint density at radius 2 is 2.04 bits per heavy atom. The maximum atomic E-state index is 12.4. The molecule has 6 heteroatoms. The highest BCUT2D eigenvalue weighted by atomic mass is 16.1. The Kier molecular flexibility index (Phi) is 4.93. The third-order valence-corrected chi connectivity index (χ3v) is 4.96. The zero-order valence-electron chi connectivity index (χ0n) is 14.7. The Bertz CT molecular complexity index is 868. The summed E-state index contributed by atoms with van der Waals surface area (Å²) in [6, 6.07) is 12.2. The van der Waals surface area contributed by atoms with E-state index in [4.69, 9.17) is 0 Å². The van der Waals surface area contributed by atoms with Crippen molar-refractivity contribution < 1.29 is 4.79 Å². The molecule has 0 aliphatic carbocycles. The summed E-state index contributed by atoms with van der Waals surface area (Å²) in [7, 11) is 0. The Hall–Kier alpha value is -2.73. The first-order chi connectivity index (χ1) is 12.8. The molecule has 1 saturated heterocycles. The molecule has 3 heterocycles. The topological polar surface area (TPSA) is 73.9 Å². The summed E-state index contributed by atoms with van der Waals surface area (Å²) in [6.07, 6.45) is 6.03. The van der Waals surface area contributed by atoms with Crippen molar-refractivity contribution in [1.82, 2.24) is 25.4 Å². The van der Waals surface area contributed by atoms with E-state index >= 15 is 0 Å². The number of amides is 1. The lowest BCUT2D eigenvalue weighted by atomic mass is 10.0. The third kappa shape index (κ3) is 3.91. The van der Waals surface area contributed by atoms with Crippen molar-refractivity contribution in [2.24, 2.45) is 0 Å². The molecular weight excluding hydrogens is 326 g/mol. The maximum Gasteiger partial charge on any atom is 0.226 e. The van der Waals surface area contributed by atoms with Gasteiger partial charge in [-0.2, -0.15) is 5.10 Å². The SMILES string of the molecule is O=C(Cc1[nH]nc2ccccc12)NC1CCN(Cc2cccnc2)CC1. The van der Waals surface area contributed by atoms with Crippen molar-refractivity contribution in [2.45, 2.75) is 31.8 Å². The molecule has 2 N–H and O–H groups in total. The molecule has 0 radical (unpaired) electrons. The third-order valence-electron chi connectivity index (χ3n) is 4.96. The number of aromatic nitrogens is 3. The number of hydrogen-bond acceptors (Lipinski definition) is 4. The van der Waals surface area contributed by atoms with E-state index in [1.807, 2.05) is 36.5 Å². The van der Waals surface area contributed by atoms with E-state index in [-0.39, 0.29) is 11.9 Å². The number of carbonyl (C=O) groups excluding carboxylic acids is 1. The smallest absolute Gasteiger partial charge is 0.226 e. The van der Waals surface area contributed by atoms with Gasteiger partial charge in [-0.05, 0) is 30.5 Å². The molecule has 1 amide bonds. The van der Waals surface area contributed by atoms with Crippen molar-refractivity contribution in [3.8, 4) is 0 Å². The molecular formula is C20H23N5O. The zero-order valence-corrected chi connectivity index (χ0v) is 14.7. The highest BCUT2D eigenvalue weighted by Gasteiger charge is 2.21. The van der Waals surface area contributed by atoms with Crippen LogP contribution >= 0.6 is 0 Å². The standard InChI is InChI=1S/C20H23N5O/c26-20(12-19-17-5-1-2-6-18(17)23-24-19)22-16-7-10-25(11-8-16)14-15-4-3-9-21-13-15/h1-6,9,13,16H,7-8,10-12,14H2,(H,22,26)(H,23,24). The van der Waals surface area contributed by atoms with E-state index in [2.05, 4.69) is 31.5 Å². The van der Waals surface area contributed by atoms with Gasteiger partial charge in [0.2, 0.25) is 5.91 Å². The second-order valence-corrected chi connectivity index (χ2v) is 6.88. The molecule has 1 fully saturated rings. The number of nitrogens with zero attached hydrogens (tertiary/aromatic N) is 3. The molecule has 0 unspecified atom stereocenters. The number of H-pyrrole nitrogens is 1. The molecule has 0 spiro atoms. The van der Waals surface area contributed by atoms with Gasteiger partial charge in [-0.1, -0.05) is 24.3 Å². The van der Waals surface area contributed by atoms with Crippen LogP contribution in [0.5, 0.6) is 0 Å². The Balaban J connectivity index is 1.27. The van der Waals surface area contributed by atoms with Crippen LogP contribution < -0.4 is 5.32 Å². The predicted molar refractivity (Wildman–Crippen MR) is 100 cm³/mol. The Morgan fingerprint density at radius 1 is 1.19 bits per heavy atom. The number of pyridine rings is 1. The van der Waals surface area contributed by atoms with Gasteiger partial charge in [-0.25, -0.2) is 0 Å². The molecule has 1 aliphatic heterocycles. The second-order valence-electron chi connectivity index (χ2n) is 6.88. The average Bonchev–Trinajstić information content (AvgIpc) is 3.07. The van der Waals surface area contributed by atoms with E-state index in [9.17, 15) is 4.79 Å². The van der Waals surface area contributed by atoms with Gasteiger partial charge in [0.1, 0.15) is 0 Å². The molecule has 2 aromatic heterocycles. The van der Waals surface area contributed by atoms with Crippen molar-refractivity contribution in [3.05, 3.63) is 60.0 Å². The van der Waals surface area contributed by atoms with Crippen LogP contribution in [0.1, 0.15) is 24.1 Å². The Labute approximate surface area is 152 Å². The summed E-state index contributed by atoms with van der Waals surface area (Å²) in [4.78, 5) is 19.0. The number of benzene rings is 1.